The lowest BCUT2D eigenvalue weighted by molar-refractivity contribution is -0.126. The molecule has 0 saturated carbocycles. The molecule has 0 heterocycles. The number of halogens is 1. The number of ether oxygens (including phenoxy) is 2. The molecular weight excluding hydrogens is 225 g/mol. The van der Waals surface area contributed by atoms with E-state index in [2.05, 4.69) is 5.32 Å². The molecule has 1 N–H and O–H groups in total. The molecule has 94 valence electrons. The van der Waals surface area contributed by atoms with Gasteiger partial charge in [0.25, 0.3) is 0 Å². The SMILES string of the molecule is COC(CNC(=O)Cc1cccc(F)c1)OC. The zero-order valence-electron chi connectivity index (χ0n) is 9.90. The fourth-order valence-electron chi connectivity index (χ4n) is 1.35. The van der Waals surface area contributed by atoms with Gasteiger partial charge in [-0.15, -0.1) is 0 Å². The number of hydrogen-bond donors (Lipinski definition) is 1. The molecule has 5 heteroatoms. The topological polar surface area (TPSA) is 47.6 Å². The van der Waals surface area contributed by atoms with Crippen LogP contribution < -0.4 is 5.32 Å². The molecule has 0 saturated heterocycles. The standard InChI is InChI=1S/C12H16FNO3/c1-16-12(17-2)8-14-11(15)7-9-4-3-5-10(13)6-9/h3-6,12H,7-8H2,1-2H3,(H,14,15). The number of benzene rings is 1. The number of nitrogens with one attached hydrogen (secondary N) is 1. The first kappa shape index (κ1) is 13.6. The first-order chi connectivity index (χ1) is 8.15. The minimum absolute atomic E-state index is 0.137. The molecule has 4 nitrogen and oxygen atoms in total. The second kappa shape index (κ2) is 6.98. The molecule has 0 fully saturated rings. The summed E-state index contributed by atoms with van der Waals surface area (Å²) < 4.78 is 22.7. The predicted octanol–water partition coefficient (Wildman–Crippen LogP) is 1.10. The first-order valence-electron chi connectivity index (χ1n) is 5.22. The summed E-state index contributed by atoms with van der Waals surface area (Å²) in [5, 5.41) is 2.64. The third kappa shape index (κ3) is 4.93. The lowest BCUT2D eigenvalue weighted by Crippen LogP contribution is -2.35. The van der Waals surface area contributed by atoms with Crippen molar-refractivity contribution in [2.24, 2.45) is 0 Å². The Balaban J connectivity index is 2.39. The lowest BCUT2D eigenvalue weighted by atomic mass is 10.1. The van der Waals surface area contributed by atoms with Crippen LogP contribution in [0.1, 0.15) is 5.56 Å². The zero-order valence-corrected chi connectivity index (χ0v) is 9.90. The van der Waals surface area contributed by atoms with Gasteiger partial charge in [0.2, 0.25) is 5.91 Å². The van der Waals surface area contributed by atoms with E-state index in [-0.39, 0.29) is 24.7 Å². The second-order valence-corrected chi connectivity index (χ2v) is 3.51. The number of rotatable bonds is 6. The summed E-state index contributed by atoms with van der Waals surface area (Å²) in [6.45, 7) is 0.265. The maximum Gasteiger partial charge on any atom is 0.224 e. The highest BCUT2D eigenvalue weighted by atomic mass is 19.1. The first-order valence-corrected chi connectivity index (χ1v) is 5.22. The molecule has 0 spiro atoms. The molecule has 17 heavy (non-hydrogen) atoms. The van der Waals surface area contributed by atoms with Crippen molar-refractivity contribution >= 4 is 5.91 Å². The van der Waals surface area contributed by atoms with Gasteiger partial charge in [-0.3, -0.25) is 4.79 Å². The summed E-state index contributed by atoms with van der Waals surface area (Å²) in [7, 11) is 2.99. The summed E-state index contributed by atoms with van der Waals surface area (Å²) in [5.74, 6) is -0.545. The zero-order chi connectivity index (χ0) is 12.7. The van der Waals surface area contributed by atoms with E-state index in [4.69, 9.17) is 9.47 Å². The molecule has 0 aliphatic rings. The molecule has 0 aliphatic carbocycles. The molecule has 1 rings (SSSR count). The number of methoxy groups -OCH3 is 2. The van der Waals surface area contributed by atoms with Crippen molar-refractivity contribution in [3.05, 3.63) is 35.6 Å². The minimum Gasteiger partial charge on any atom is -0.354 e. The van der Waals surface area contributed by atoms with Crippen LogP contribution in [-0.4, -0.2) is 33.0 Å². The monoisotopic (exact) mass is 241 g/mol. The Kier molecular flexibility index (Phi) is 5.59. The smallest absolute Gasteiger partial charge is 0.224 e. The van der Waals surface area contributed by atoms with Crippen molar-refractivity contribution in [3.8, 4) is 0 Å². The third-order valence-electron chi connectivity index (χ3n) is 2.25. The Morgan fingerprint density at radius 1 is 1.41 bits per heavy atom. The highest BCUT2D eigenvalue weighted by Crippen LogP contribution is 2.04. The maximum absolute atomic E-state index is 12.9. The van der Waals surface area contributed by atoms with E-state index in [9.17, 15) is 9.18 Å². The molecule has 1 amide bonds. The molecule has 0 aliphatic heterocycles. The maximum atomic E-state index is 12.9. The normalized spacial score (nSPS) is 10.6. The van der Waals surface area contributed by atoms with Crippen LogP contribution in [0.2, 0.25) is 0 Å². The molecule has 0 aromatic heterocycles. The van der Waals surface area contributed by atoms with Gasteiger partial charge in [0, 0.05) is 14.2 Å². The third-order valence-corrected chi connectivity index (χ3v) is 2.25. The Hall–Kier alpha value is -1.46. The van der Waals surface area contributed by atoms with E-state index in [1.807, 2.05) is 0 Å². The van der Waals surface area contributed by atoms with Gasteiger partial charge in [0.05, 0.1) is 13.0 Å². The van der Waals surface area contributed by atoms with Gasteiger partial charge in [-0.2, -0.15) is 0 Å². The lowest BCUT2D eigenvalue weighted by Gasteiger charge is -2.13. The fraction of sp³-hybridized carbons (Fsp3) is 0.417. The molecule has 0 bridgehead atoms. The summed E-state index contributed by atoms with van der Waals surface area (Å²) in [5.41, 5.74) is 0.633. The highest BCUT2D eigenvalue weighted by Gasteiger charge is 2.08. The molecule has 1 aromatic rings. The average molecular weight is 241 g/mol. The summed E-state index contributed by atoms with van der Waals surface area (Å²) in [6.07, 6.45) is -0.329. The summed E-state index contributed by atoms with van der Waals surface area (Å²) >= 11 is 0. The van der Waals surface area contributed by atoms with Crippen molar-refractivity contribution < 1.29 is 18.7 Å². The van der Waals surface area contributed by atoms with Crippen LogP contribution in [0.15, 0.2) is 24.3 Å². The molecule has 0 unspecified atom stereocenters. The van der Waals surface area contributed by atoms with Gasteiger partial charge in [-0.25, -0.2) is 4.39 Å². The van der Waals surface area contributed by atoms with Gasteiger partial charge >= 0.3 is 0 Å². The van der Waals surface area contributed by atoms with Gasteiger partial charge in [-0.1, -0.05) is 12.1 Å². The van der Waals surface area contributed by atoms with E-state index in [0.29, 0.717) is 5.56 Å². The Morgan fingerprint density at radius 3 is 2.71 bits per heavy atom. The Labute approximate surface area is 99.7 Å². The van der Waals surface area contributed by atoms with E-state index in [0.717, 1.165) is 0 Å². The molecule has 1 aromatic carbocycles. The van der Waals surface area contributed by atoms with Gasteiger partial charge < -0.3 is 14.8 Å². The summed E-state index contributed by atoms with van der Waals surface area (Å²) in [4.78, 5) is 11.5. The van der Waals surface area contributed by atoms with Crippen molar-refractivity contribution in [1.82, 2.24) is 5.32 Å². The minimum atomic E-state index is -0.466. The Morgan fingerprint density at radius 2 is 2.12 bits per heavy atom. The largest absolute Gasteiger partial charge is 0.354 e. The molecule has 0 radical (unpaired) electrons. The number of carbonyl (C=O) groups excluding carboxylic acids is 1. The van der Waals surface area contributed by atoms with Gasteiger partial charge in [0.15, 0.2) is 6.29 Å². The summed E-state index contributed by atoms with van der Waals surface area (Å²) in [6, 6.07) is 5.95. The van der Waals surface area contributed by atoms with Crippen LogP contribution in [0, 0.1) is 5.82 Å². The van der Waals surface area contributed by atoms with E-state index >= 15 is 0 Å². The average Bonchev–Trinajstić information content (AvgIpc) is 2.30. The number of hydrogen-bond acceptors (Lipinski definition) is 3. The number of amides is 1. The van der Waals surface area contributed by atoms with Crippen molar-refractivity contribution in [1.29, 1.82) is 0 Å². The Bertz CT molecular complexity index is 367. The van der Waals surface area contributed by atoms with E-state index < -0.39 is 6.29 Å². The fourth-order valence-corrected chi connectivity index (χ4v) is 1.35. The molecule has 0 atom stereocenters. The van der Waals surface area contributed by atoms with Crippen molar-refractivity contribution in [3.63, 3.8) is 0 Å². The van der Waals surface area contributed by atoms with Crippen LogP contribution in [0.5, 0.6) is 0 Å². The van der Waals surface area contributed by atoms with Gasteiger partial charge in [0.1, 0.15) is 5.82 Å². The van der Waals surface area contributed by atoms with E-state index in [1.165, 1.54) is 26.4 Å². The van der Waals surface area contributed by atoms with Crippen molar-refractivity contribution in [2.45, 2.75) is 12.7 Å². The van der Waals surface area contributed by atoms with Crippen LogP contribution >= 0.6 is 0 Å². The van der Waals surface area contributed by atoms with Crippen LogP contribution in [-0.2, 0) is 20.7 Å². The second-order valence-electron chi connectivity index (χ2n) is 3.51. The molecular formula is C12H16FNO3. The van der Waals surface area contributed by atoms with Crippen LogP contribution in [0.25, 0.3) is 0 Å². The van der Waals surface area contributed by atoms with Crippen LogP contribution in [0.4, 0.5) is 4.39 Å². The van der Waals surface area contributed by atoms with Crippen LogP contribution in [0.3, 0.4) is 0 Å². The van der Waals surface area contributed by atoms with Gasteiger partial charge in [-0.05, 0) is 17.7 Å². The highest BCUT2D eigenvalue weighted by molar-refractivity contribution is 5.78. The predicted molar refractivity (Wildman–Crippen MR) is 60.9 cm³/mol. The quantitative estimate of drug-likeness (QED) is 0.759. The van der Waals surface area contributed by atoms with Crippen molar-refractivity contribution in [2.75, 3.05) is 20.8 Å². The van der Waals surface area contributed by atoms with E-state index in [1.54, 1.807) is 12.1 Å². The number of carbonyl (C=O) groups is 1.